The number of hydrogen-bond donors (Lipinski definition) is 0. The summed E-state index contributed by atoms with van der Waals surface area (Å²) in [6, 6.07) is 18.3. The number of fused-ring (bicyclic) bond motifs is 1. The number of carbonyl (C=O) groups is 1. The van der Waals surface area contributed by atoms with Gasteiger partial charge in [0.15, 0.2) is 0 Å². The summed E-state index contributed by atoms with van der Waals surface area (Å²) < 4.78 is 8.30. The van der Waals surface area contributed by atoms with Gasteiger partial charge in [-0.05, 0) is 47.5 Å². The lowest BCUT2D eigenvalue weighted by atomic mass is 10.0. The normalized spacial score (nSPS) is 11.3. The van der Waals surface area contributed by atoms with E-state index in [0.717, 1.165) is 27.1 Å². The molecule has 2 aromatic carbocycles. The number of benzene rings is 2. The molecule has 0 unspecified atom stereocenters. The minimum atomic E-state index is 0.0802. The lowest BCUT2D eigenvalue weighted by Gasteiger charge is -2.15. The van der Waals surface area contributed by atoms with Gasteiger partial charge in [-0.15, -0.1) is 11.3 Å². The van der Waals surface area contributed by atoms with Gasteiger partial charge in [0.25, 0.3) is 0 Å². The average Bonchev–Trinajstić information content (AvgIpc) is 3.36. The minimum absolute atomic E-state index is 0.0802. The van der Waals surface area contributed by atoms with Gasteiger partial charge in [0.05, 0.1) is 11.4 Å². The Labute approximate surface area is 175 Å². The quantitative estimate of drug-likeness (QED) is 0.332. The number of carbonyl (C=O) groups excluding carboxylic acids is 1. The molecule has 4 rings (SSSR count). The number of thiophene rings is 1. The molecule has 0 aliphatic carbocycles. The first-order valence-corrected chi connectivity index (χ1v) is 10.8. The third-order valence-corrected chi connectivity index (χ3v) is 6.03. The molecule has 2 aromatic heterocycles. The zero-order chi connectivity index (χ0) is 20.4. The molecule has 0 aliphatic heterocycles. The lowest BCUT2D eigenvalue weighted by molar-refractivity contribution is 0.104. The van der Waals surface area contributed by atoms with Crippen molar-refractivity contribution in [2.45, 2.75) is 33.2 Å². The Morgan fingerprint density at radius 1 is 1.10 bits per heavy atom. The summed E-state index contributed by atoms with van der Waals surface area (Å²) in [6.45, 7) is 7.68. The van der Waals surface area contributed by atoms with Crippen LogP contribution in [0, 0.1) is 6.92 Å². The Kier molecular flexibility index (Phi) is 5.54. The molecule has 4 aromatic rings. The molecule has 148 valence electrons. The van der Waals surface area contributed by atoms with Crippen LogP contribution < -0.4 is 4.74 Å². The monoisotopic (exact) mass is 403 g/mol. The Balaban J connectivity index is 1.58. The van der Waals surface area contributed by atoms with Crippen molar-refractivity contribution in [1.29, 1.82) is 0 Å². The first-order chi connectivity index (χ1) is 14.0. The van der Waals surface area contributed by atoms with Crippen LogP contribution in [0.2, 0.25) is 0 Å². The molecule has 0 atom stereocenters. The van der Waals surface area contributed by atoms with Gasteiger partial charge in [0.2, 0.25) is 5.78 Å². The number of rotatable bonds is 7. The highest BCUT2D eigenvalue weighted by Crippen LogP contribution is 2.28. The van der Waals surface area contributed by atoms with E-state index in [1.807, 2.05) is 41.9 Å². The number of para-hydroxylation sites is 1. The zero-order valence-electron chi connectivity index (χ0n) is 17.0. The SMILES string of the molecule is Cc1ccc(C(C)C)c(OCCn2cc(C(=O)c3cccs3)c3ccccc32)c1. The Hall–Kier alpha value is -2.85. The Morgan fingerprint density at radius 2 is 1.93 bits per heavy atom. The summed E-state index contributed by atoms with van der Waals surface area (Å²) in [6.07, 6.45) is 1.97. The second-order valence-corrected chi connectivity index (χ2v) is 8.55. The van der Waals surface area contributed by atoms with Crippen LogP contribution in [0.4, 0.5) is 0 Å². The zero-order valence-corrected chi connectivity index (χ0v) is 17.8. The molecule has 0 aliphatic rings. The molecular formula is C25H25NO2S. The second-order valence-electron chi connectivity index (χ2n) is 7.60. The summed E-state index contributed by atoms with van der Waals surface area (Å²) in [7, 11) is 0. The molecule has 4 heteroatoms. The van der Waals surface area contributed by atoms with Crippen molar-refractivity contribution in [3.63, 3.8) is 0 Å². The van der Waals surface area contributed by atoms with Crippen molar-refractivity contribution in [3.8, 4) is 5.75 Å². The van der Waals surface area contributed by atoms with Gasteiger partial charge in [0.1, 0.15) is 12.4 Å². The molecule has 0 N–H and O–H groups in total. The number of hydrogen-bond acceptors (Lipinski definition) is 3. The minimum Gasteiger partial charge on any atom is -0.491 e. The number of ether oxygens (including phenoxy) is 1. The van der Waals surface area contributed by atoms with E-state index in [1.54, 1.807) is 0 Å². The van der Waals surface area contributed by atoms with Crippen LogP contribution in [0.3, 0.4) is 0 Å². The molecule has 0 amide bonds. The summed E-state index contributed by atoms with van der Waals surface area (Å²) in [5.74, 6) is 1.44. The second kappa shape index (κ2) is 8.26. The summed E-state index contributed by atoms with van der Waals surface area (Å²) in [5.41, 5.74) is 4.23. The van der Waals surface area contributed by atoms with Crippen LogP contribution in [-0.2, 0) is 6.54 Å². The summed E-state index contributed by atoms with van der Waals surface area (Å²) >= 11 is 1.48. The Morgan fingerprint density at radius 3 is 2.69 bits per heavy atom. The molecular weight excluding hydrogens is 378 g/mol. The molecule has 0 saturated heterocycles. The third kappa shape index (κ3) is 3.99. The first kappa shape index (κ1) is 19.5. The van der Waals surface area contributed by atoms with E-state index in [-0.39, 0.29) is 5.78 Å². The fourth-order valence-electron chi connectivity index (χ4n) is 3.65. The van der Waals surface area contributed by atoms with Crippen molar-refractivity contribution in [2.75, 3.05) is 6.61 Å². The van der Waals surface area contributed by atoms with Gasteiger partial charge in [-0.25, -0.2) is 0 Å². The van der Waals surface area contributed by atoms with Crippen molar-refractivity contribution in [1.82, 2.24) is 4.57 Å². The molecule has 0 saturated carbocycles. The van der Waals surface area contributed by atoms with E-state index in [0.29, 0.717) is 19.1 Å². The number of nitrogens with zero attached hydrogens (tertiary/aromatic N) is 1. The van der Waals surface area contributed by atoms with Crippen LogP contribution in [0.1, 0.15) is 46.1 Å². The lowest BCUT2D eigenvalue weighted by Crippen LogP contribution is -2.09. The average molecular weight is 404 g/mol. The molecule has 2 heterocycles. The van der Waals surface area contributed by atoms with Gasteiger partial charge in [-0.1, -0.05) is 50.2 Å². The van der Waals surface area contributed by atoms with Gasteiger partial charge in [-0.2, -0.15) is 0 Å². The molecule has 0 fully saturated rings. The molecule has 3 nitrogen and oxygen atoms in total. The van der Waals surface area contributed by atoms with Gasteiger partial charge < -0.3 is 9.30 Å². The first-order valence-electron chi connectivity index (χ1n) is 9.94. The van der Waals surface area contributed by atoms with E-state index >= 15 is 0 Å². The van der Waals surface area contributed by atoms with Crippen molar-refractivity contribution in [3.05, 3.63) is 87.7 Å². The van der Waals surface area contributed by atoms with Crippen molar-refractivity contribution in [2.24, 2.45) is 0 Å². The van der Waals surface area contributed by atoms with Crippen molar-refractivity contribution < 1.29 is 9.53 Å². The Bertz CT molecular complexity index is 1140. The van der Waals surface area contributed by atoms with E-state index < -0.39 is 0 Å². The summed E-state index contributed by atoms with van der Waals surface area (Å²) in [4.78, 5) is 13.7. The molecule has 0 spiro atoms. The van der Waals surface area contributed by atoms with Crippen LogP contribution in [0.5, 0.6) is 5.75 Å². The number of aryl methyl sites for hydroxylation is 1. The van der Waals surface area contributed by atoms with Gasteiger partial charge in [0, 0.05) is 22.7 Å². The largest absolute Gasteiger partial charge is 0.491 e. The topological polar surface area (TPSA) is 31.2 Å². The van der Waals surface area contributed by atoms with Crippen LogP contribution in [-0.4, -0.2) is 17.0 Å². The molecule has 29 heavy (non-hydrogen) atoms. The molecule has 0 radical (unpaired) electrons. The highest BCUT2D eigenvalue weighted by atomic mass is 32.1. The van der Waals surface area contributed by atoms with Gasteiger partial charge in [-0.3, -0.25) is 4.79 Å². The maximum Gasteiger partial charge on any atom is 0.205 e. The summed E-state index contributed by atoms with van der Waals surface area (Å²) in [5, 5.41) is 2.93. The number of aromatic nitrogens is 1. The predicted octanol–water partition coefficient (Wildman–Crippen LogP) is 6.44. The molecule has 0 bridgehead atoms. The van der Waals surface area contributed by atoms with E-state index in [2.05, 4.69) is 49.6 Å². The van der Waals surface area contributed by atoms with Crippen LogP contribution in [0.25, 0.3) is 10.9 Å². The highest BCUT2D eigenvalue weighted by molar-refractivity contribution is 7.12. The number of ketones is 1. The standard InChI is InChI=1S/C25H25NO2S/c1-17(2)19-11-10-18(3)15-23(19)28-13-12-26-16-21(20-7-4-5-8-22(20)26)25(27)24-9-6-14-29-24/h4-11,14-17H,12-13H2,1-3H3. The third-order valence-electron chi connectivity index (χ3n) is 5.16. The van der Waals surface area contributed by atoms with Crippen LogP contribution in [0.15, 0.2) is 66.2 Å². The van der Waals surface area contributed by atoms with E-state index in [9.17, 15) is 4.79 Å². The maximum absolute atomic E-state index is 13.0. The maximum atomic E-state index is 13.0. The van der Waals surface area contributed by atoms with E-state index in [4.69, 9.17) is 4.74 Å². The van der Waals surface area contributed by atoms with Gasteiger partial charge >= 0.3 is 0 Å². The highest BCUT2D eigenvalue weighted by Gasteiger charge is 2.17. The fraction of sp³-hybridized carbons (Fsp3) is 0.240. The van der Waals surface area contributed by atoms with Crippen molar-refractivity contribution >= 4 is 28.0 Å². The van der Waals surface area contributed by atoms with E-state index in [1.165, 1.54) is 22.5 Å². The predicted molar refractivity (Wildman–Crippen MR) is 120 cm³/mol. The smallest absolute Gasteiger partial charge is 0.205 e. The van der Waals surface area contributed by atoms with Crippen LogP contribution >= 0.6 is 11.3 Å². The fourth-order valence-corrected chi connectivity index (χ4v) is 4.33.